The summed E-state index contributed by atoms with van der Waals surface area (Å²) in [4.78, 5) is 4.31. The number of hydrogen-bond acceptors (Lipinski definition) is 3. The molecule has 1 atom stereocenters. The van der Waals surface area contributed by atoms with Gasteiger partial charge in [0.25, 0.3) is 0 Å². The van der Waals surface area contributed by atoms with Gasteiger partial charge < -0.3 is 4.57 Å². The average Bonchev–Trinajstić information content (AvgIpc) is 2.76. The van der Waals surface area contributed by atoms with E-state index in [0.29, 0.717) is 6.42 Å². The summed E-state index contributed by atoms with van der Waals surface area (Å²) in [5, 5.41) is 0.759. The summed E-state index contributed by atoms with van der Waals surface area (Å²) in [7, 11) is 1.97. The molecule has 1 unspecified atom stereocenters. The van der Waals surface area contributed by atoms with Gasteiger partial charge in [-0.25, -0.2) is 4.98 Å². The van der Waals surface area contributed by atoms with Gasteiger partial charge in [-0.1, -0.05) is 29.8 Å². The third-order valence-corrected chi connectivity index (χ3v) is 3.62. The molecule has 0 aliphatic carbocycles. The van der Waals surface area contributed by atoms with E-state index < -0.39 is 0 Å². The molecule has 0 saturated heterocycles. The number of rotatable bonds is 4. The van der Waals surface area contributed by atoms with Crippen LogP contribution in [0.2, 0.25) is 5.02 Å². The summed E-state index contributed by atoms with van der Waals surface area (Å²) < 4.78 is 1.98. The van der Waals surface area contributed by atoms with E-state index in [1.54, 1.807) is 6.20 Å². The van der Waals surface area contributed by atoms with Crippen molar-refractivity contribution in [2.24, 2.45) is 12.9 Å². The molecule has 0 aliphatic rings. The Morgan fingerprint density at radius 1 is 1.50 bits per heavy atom. The lowest BCUT2D eigenvalue weighted by Gasteiger charge is -2.18. The zero-order chi connectivity index (χ0) is 13.1. The van der Waals surface area contributed by atoms with Crippen LogP contribution < -0.4 is 11.3 Å². The third-order valence-electron chi connectivity index (χ3n) is 3.11. The Bertz CT molecular complexity index is 536. The number of nitrogens with two attached hydrogens (primary N) is 1. The molecular weight excluding hydrogens is 248 g/mol. The Morgan fingerprint density at radius 2 is 2.28 bits per heavy atom. The second-order valence-corrected chi connectivity index (χ2v) is 4.73. The van der Waals surface area contributed by atoms with Gasteiger partial charge in [-0.3, -0.25) is 11.3 Å². The first-order valence-corrected chi connectivity index (χ1v) is 6.18. The largest absolute Gasteiger partial charge is 0.338 e. The maximum Gasteiger partial charge on any atom is 0.110 e. The first-order valence-electron chi connectivity index (χ1n) is 5.80. The minimum atomic E-state index is -0.0431. The van der Waals surface area contributed by atoms with Gasteiger partial charge in [0.05, 0.1) is 6.04 Å². The van der Waals surface area contributed by atoms with Gasteiger partial charge in [0.15, 0.2) is 0 Å². The fourth-order valence-electron chi connectivity index (χ4n) is 1.97. The molecule has 1 aromatic carbocycles. The lowest BCUT2D eigenvalue weighted by Crippen LogP contribution is -2.30. The van der Waals surface area contributed by atoms with Crippen LogP contribution in [0, 0.1) is 6.92 Å². The summed E-state index contributed by atoms with van der Waals surface area (Å²) in [6.45, 7) is 1.99. The number of aryl methyl sites for hydroxylation is 2. The number of imidazole rings is 1. The van der Waals surface area contributed by atoms with Gasteiger partial charge in [0, 0.05) is 30.9 Å². The first-order chi connectivity index (χ1) is 8.63. The van der Waals surface area contributed by atoms with Crippen LogP contribution in [0.5, 0.6) is 0 Å². The molecule has 4 nitrogen and oxygen atoms in total. The van der Waals surface area contributed by atoms with E-state index in [-0.39, 0.29) is 6.04 Å². The van der Waals surface area contributed by atoms with Crippen molar-refractivity contribution in [1.82, 2.24) is 15.0 Å². The molecule has 0 radical (unpaired) electrons. The molecule has 3 N–H and O–H groups in total. The minimum Gasteiger partial charge on any atom is -0.338 e. The second kappa shape index (κ2) is 5.52. The molecule has 0 bridgehead atoms. The normalized spacial score (nSPS) is 12.7. The monoisotopic (exact) mass is 264 g/mol. The Hall–Kier alpha value is -1.36. The minimum absolute atomic E-state index is 0.0431. The SMILES string of the molecule is Cc1cccc(C(Cc2nccn2C)NN)c1Cl. The number of aromatic nitrogens is 2. The summed E-state index contributed by atoms with van der Waals surface area (Å²) in [6, 6.07) is 5.92. The van der Waals surface area contributed by atoms with Gasteiger partial charge in [-0.15, -0.1) is 0 Å². The van der Waals surface area contributed by atoms with Crippen LogP contribution in [0.1, 0.15) is 23.0 Å². The van der Waals surface area contributed by atoms with E-state index in [2.05, 4.69) is 10.4 Å². The van der Waals surface area contributed by atoms with E-state index in [1.807, 2.05) is 42.9 Å². The number of halogens is 1. The topological polar surface area (TPSA) is 55.9 Å². The van der Waals surface area contributed by atoms with Crippen LogP contribution >= 0.6 is 11.6 Å². The highest BCUT2D eigenvalue weighted by atomic mass is 35.5. The summed E-state index contributed by atoms with van der Waals surface area (Å²) in [5.74, 6) is 6.61. The van der Waals surface area contributed by atoms with Crippen molar-refractivity contribution in [3.8, 4) is 0 Å². The molecule has 1 heterocycles. The molecule has 0 amide bonds. The maximum absolute atomic E-state index is 6.32. The molecule has 18 heavy (non-hydrogen) atoms. The molecule has 2 rings (SSSR count). The van der Waals surface area contributed by atoms with Crippen LogP contribution in [-0.2, 0) is 13.5 Å². The van der Waals surface area contributed by atoms with Gasteiger partial charge in [0.2, 0.25) is 0 Å². The Labute approximate surface area is 112 Å². The van der Waals surface area contributed by atoms with E-state index in [0.717, 1.165) is 22.0 Å². The van der Waals surface area contributed by atoms with E-state index >= 15 is 0 Å². The van der Waals surface area contributed by atoms with Crippen molar-refractivity contribution in [2.75, 3.05) is 0 Å². The van der Waals surface area contributed by atoms with Gasteiger partial charge in [-0.05, 0) is 18.1 Å². The van der Waals surface area contributed by atoms with E-state index in [1.165, 1.54) is 0 Å². The molecule has 0 aliphatic heterocycles. The zero-order valence-corrected chi connectivity index (χ0v) is 11.3. The van der Waals surface area contributed by atoms with Crippen LogP contribution in [-0.4, -0.2) is 9.55 Å². The second-order valence-electron chi connectivity index (χ2n) is 4.36. The van der Waals surface area contributed by atoms with Gasteiger partial charge >= 0.3 is 0 Å². The number of hydrogen-bond donors (Lipinski definition) is 2. The molecule has 2 aromatic rings. The molecule has 1 aromatic heterocycles. The zero-order valence-electron chi connectivity index (χ0n) is 10.5. The van der Waals surface area contributed by atoms with Crippen molar-refractivity contribution >= 4 is 11.6 Å². The summed E-state index contributed by atoms with van der Waals surface area (Å²) >= 11 is 6.32. The van der Waals surface area contributed by atoms with Crippen molar-refractivity contribution in [1.29, 1.82) is 0 Å². The smallest absolute Gasteiger partial charge is 0.110 e. The number of benzene rings is 1. The van der Waals surface area contributed by atoms with Gasteiger partial charge in [0.1, 0.15) is 5.82 Å². The highest BCUT2D eigenvalue weighted by molar-refractivity contribution is 6.32. The van der Waals surface area contributed by atoms with E-state index in [4.69, 9.17) is 17.4 Å². The lowest BCUT2D eigenvalue weighted by atomic mass is 10.0. The third kappa shape index (κ3) is 2.56. The molecular formula is C13H17ClN4. The molecule has 0 fully saturated rings. The Morgan fingerprint density at radius 3 is 2.89 bits per heavy atom. The molecule has 0 spiro atoms. The fraction of sp³-hybridized carbons (Fsp3) is 0.308. The predicted molar refractivity (Wildman–Crippen MR) is 73.2 cm³/mol. The Balaban J connectivity index is 2.29. The van der Waals surface area contributed by atoms with Crippen LogP contribution in [0.3, 0.4) is 0 Å². The lowest BCUT2D eigenvalue weighted by molar-refractivity contribution is 0.530. The highest BCUT2D eigenvalue weighted by Gasteiger charge is 2.16. The summed E-state index contributed by atoms with van der Waals surface area (Å²) in [6.07, 6.45) is 4.39. The summed E-state index contributed by atoms with van der Waals surface area (Å²) in [5.41, 5.74) is 4.87. The van der Waals surface area contributed by atoms with Crippen molar-refractivity contribution < 1.29 is 0 Å². The van der Waals surface area contributed by atoms with Crippen molar-refractivity contribution in [2.45, 2.75) is 19.4 Å². The highest BCUT2D eigenvalue weighted by Crippen LogP contribution is 2.27. The molecule has 5 heteroatoms. The van der Waals surface area contributed by atoms with Gasteiger partial charge in [-0.2, -0.15) is 0 Å². The van der Waals surface area contributed by atoms with E-state index in [9.17, 15) is 0 Å². The maximum atomic E-state index is 6.32. The average molecular weight is 265 g/mol. The van der Waals surface area contributed by atoms with Crippen LogP contribution in [0.25, 0.3) is 0 Å². The number of nitrogens with one attached hydrogen (secondary N) is 1. The number of nitrogens with zero attached hydrogens (tertiary/aromatic N) is 2. The van der Waals surface area contributed by atoms with Crippen molar-refractivity contribution in [3.05, 3.63) is 52.6 Å². The fourth-order valence-corrected chi connectivity index (χ4v) is 2.23. The van der Waals surface area contributed by atoms with Crippen LogP contribution in [0.15, 0.2) is 30.6 Å². The standard InChI is InChI=1S/C13H17ClN4/c1-9-4-3-5-10(13(9)14)11(17-15)8-12-16-6-7-18(12)2/h3-7,11,17H,8,15H2,1-2H3. The molecule has 0 saturated carbocycles. The van der Waals surface area contributed by atoms with Crippen LogP contribution in [0.4, 0.5) is 0 Å². The Kier molecular flexibility index (Phi) is 4.01. The number of hydrazine groups is 1. The van der Waals surface area contributed by atoms with Crippen molar-refractivity contribution in [3.63, 3.8) is 0 Å². The molecule has 96 valence electrons. The first kappa shape index (κ1) is 13.1. The quantitative estimate of drug-likeness (QED) is 0.657. The predicted octanol–water partition coefficient (Wildman–Crippen LogP) is 2.13.